The summed E-state index contributed by atoms with van der Waals surface area (Å²) in [6.07, 6.45) is 26.8. The van der Waals surface area contributed by atoms with E-state index in [-0.39, 0.29) is 60.1 Å². The summed E-state index contributed by atoms with van der Waals surface area (Å²) in [6, 6.07) is 55.1. The highest BCUT2D eigenvalue weighted by Gasteiger charge is 2.32. The van der Waals surface area contributed by atoms with Crippen molar-refractivity contribution in [3.8, 4) is 35.2 Å². The minimum atomic E-state index is -0.00189. The first-order valence-corrected chi connectivity index (χ1v) is 54.9. The molecule has 1 saturated carbocycles. The van der Waals surface area contributed by atoms with Crippen molar-refractivity contribution >= 4 is 23.0 Å². The van der Waals surface area contributed by atoms with E-state index < -0.39 is 0 Å². The highest BCUT2D eigenvalue weighted by Crippen LogP contribution is 2.35. The number of rotatable bonds is 15. The molecule has 1 amide bonds. The third-order valence-corrected chi connectivity index (χ3v) is 26.4. The van der Waals surface area contributed by atoms with Crippen LogP contribution in [0.1, 0.15) is 386 Å². The molecule has 15 nitrogen and oxygen atoms in total. The predicted molar refractivity (Wildman–Crippen MR) is 619 cm³/mol. The van der Waals surface area contributed by atoms with Gasteiger partial charge < -0.3 is 48.8 Å². The zero-order valence-electron chi connectivity index (χ0n) is 97.8. The van der Waals surface area contributed by atoms with Crippen LogP contribution in [0.3, 0.4) is 0 Å². The summed E-state index contributed by atoms with van der Waals surface area (Å²) in [7, 11) is 3.87. The van der Waals surface area contributed by atoms with Crippen molar-refractivity contribution in [3.63, 3.8) is 0 Å². The van der Waals surface area contributed by atoms with Crippen LogP contribution >= 0.6 is 0 Å². The van der Waals surface area contributed by atoms with E-state index in [0.29, 0.717) is 37.6 Å². The monoisotopic (exact) mass is 1970 g/mol. The third-order valence-electron chi connectivity index (χ3n) is 26.4. The van der Waals surface area contributed by atoms with E-state index in [0.717, 1.165) is 73.8 Å². The molecule has 0 unspecified atom stereocenters. The Morgan fingerprint density at radius 3 is 1.07 bits per heavy atom. The second kappa shape index (κ2) is 60.4. The number of hydrogen-bond donors (Lipinski definition) is 1. The van der Waals surface area contributed by atoms with Gasteiger partial charge in [-0.15, -0.1) is 0 Å². The van der Waals surface area contributed by atoms with Crippen LogP contribution in [0.25, 0.3) is 0 Å². The average Bonchev–Trinajstić information content (AvgIpc) is 1.28. The van der Waals surface area contributed by atoms with Gasteiger partial charge in [-0.25, -0.2) is 19.9 Å². The molecule has 2 aromatic heterocycles. The second-order valence-corrected chi connectivity index (χ2v) is 50.2. The third kappa shape index (κ3) is 50.5. The molecule has 1 N–H and O–H groups in total. The van der Waals surface area contributed by atoms with Gasteiger partial charge in [-0.2, -0.15) is 0 Å². The van der Waals surface area contributed by atoms with Crippen molar-refractivity contribution in [2.75, 3.05) is 127 Å². The van der Waals surface area contributed by atoms with Crippen LogP contribution in [0.15, 0.2) is 176 Å². The Labute approximate surface area is 881 Å². The summed E-state index contributed by atoms with van der Waals surface area (Å²) in [6.45, 7) is 89.8. The van der Waals surface area contributed by atoms with Crippen LogP contribution in [-0.4, -0.2) is 160 Å². The zero-order chi connectivity index (χ0) is 107. The van der Waals surface area contributed by atoms with Crippen molar-refractivity contribution in [1.82, 2.24) is 35.1 Å². The number of nitrogens with one attached hydrogen (secondary N) is 1. The van der Waals surface area contributed by atoms with E-state index in [1.165, 1.54) is 192 Å². The molecular formula is C129H202N10O5. The van der Waals surface area contributed by atoms with Gasteiger partial charge in [-0.3, -0.25) is 4.79 Å². The quantitative estimate of drug-likeness (QED) is 0.0771. The number of piperidine rings is 4. The van der Waals surface area contributed by atoms with E-state index in [1.807, 2.05) is 68.7 Å². The number of nitrogens with zero attached hydrogens (tertiary/aromatic N) is 9. The van der Waals surface area contributed by atoms with E-state index in [4.69, 9.17) is 18.9 Å². The number of anilines is 3. The lowest BCUT2D eigenvalue weighted by Gasteiger charge is -2.33. The molecule has 5 aliphatic heterocycles. The van der Waals surface area contributed by atoms with Gasteiger partial charge in [0.1, 0.15) is 29.8 Å². The van der Waals surface area contributed by atoms with Crippen LogP contribution in [0.2, 0.25) is 0 Å². The van der Waals surface area contributed by atoms with Crippen LogP contribution in [0, 0.1) is 53.3 Å². The molecule has 144 heavy (non-hydrogen) atoms. The standard InChI is InChI=1S/C16H25NO.2C15H23N.C14H23N.C13H19NO.C13H23N.C13H20O2.C13H20O.C9H14N2.C8H12N2/c1-16(2,3)13-5-7-14(8-6-13)17(4)15-9-11-18-12-10-15;2*1-15(2,3)13-7-9-14(10-8-13)16-11-5-4-6-12-16;1-14(2,3)9-6-12-7-10-15(11-8-12)13-4-5-13;1-5-14-12(15)10-6-8-11(9-7-10)13(2,3)4;1-5-14-10-7-12(8-11-14)6-9-13(2,3)4;1-13(2,3)11-5-7-12(8-6-11)15-10-9-14-4;1-5-10-14-12-8-6-11(7-9-12)13(2,3)4;1-7-10-5-8(6-11-7)9(2,3)4;1-8(2,3)7-9-5-4-6-10-7/h5-8,15H,9-12H2,1-4H3;2*7-10H,4-6,11-12H2,1-3H3;12-13H,4-5,7-8,10-11H2,1-3H3;6-9H,5H2,1-4H3,(H,14,15);12H,5,7-8,10-11H2,1-4H3;5-8H,9-10H2,1-4H3;6-9H,5,10H2,1-4H3;5-6H,1-4H3;4-6H,1-3H3. The van der Waals surface area contributed by atoms with E-state index in [1.54, 1.807) is 19.5 Å². The molecule has 0 bridgehead atoms. The maximum atomic E-state index is 11.5. The molecular weight excluding hydrogens is 1770 g/mol. The number of benzene rings is 6. The topological polar surface area (TPSA) is 134 Å². The highest BCUT2D eigenvalue weighted by molar-refractivity contribution is 5.94. The van der Waals surface area contributed by atoms with Gasteiger partial charge in [0.25, 0.3) is 5.91 Å². The fraction of sp³-hybridized carbons (Fsp3) is 0.620. The van der Waals surface area contributed by atoms with Crippen molar-refractivity contribution in [3.05, 3.63) is 233 Å². The van der Waals surface area contributed by atoms with Gasteiger partial charge in [0, 0.05) is 148 Å². The molecule has 1 aliphatic carbocycles. The lowest BCUT2D eigenvalue weighted by atomic mass is 9.87. The van der Waals surface area contributed by atoms with Crippen molar-refractivity contribution in [2.24, 2.45) is 22.7 Å². The number of carbonyl (C=O) groups is 1. The Morgan fingerprint density at radius 2 is 0.750 bits per heavy atom. The molecule has 8 aromatic rings. The normalized spacial score (nSPS) is 15.8. The second-order valence-electron chi connectivity index (χ2n) is 50.2. The Balaban J connectivity index is 0.000000283. The van der Waals surface area contributed by atoms with Crippen LogP contribution in [0.4, 0.5) is 17.1 Å². The molecule has 0 atom stereocenters. The summed E-state index contributed by atoms with van der Waals surface area (Å²) in [5.74, 6) is 18.6. The first kappa shape index (κ1) is 125. The number of likely N-dealkylation sites (tertiary alicyclic amines) is 2. The number of amides is 1. The fourth-order valence-corrected chi connectivity index (χ4v) is 16.4. The summed E-state index contributed by atoms with van der Waals surface area (Å²) >= 11 is 0. The maximum absolute atomic E-state index is 11.5. The van der Waals surface area contributed by atoms with Crippen molar-refractivity contribution < 1.29 is 23.7 Å². The lowest BCUT2D eigenvalue weighted by Crippen LogP contribution is -2.36. The van der Waals surface area contributed by atoms with Gasteiger partial charge in [0.15, 0.2) is 0 Å². The van der Waals surface area contributed by atoms with Gasteiger partial charge in [-0.1, -0.05) is 276 Å². The summed E-state index contributed by atoms with van der Waals surface area (Å²) in [5, 5.41) is 2.78. The fourth-order valence-electron chi connectivity index (χ4n) is 16.4. The first-order chi connectivity index (χ1) is 67.3. The summed E-state index contributed by atoms with van der Waals surface area (Å²) < 4.78 is 21.4. The Morgan fingerprint density at radius 1 is 0.403 bits per heavy atom. The molecule has 0 spiro atoms. The minimum Gasteiger partial charge on any atom is -0.494 e. The number of carbonyl (C=O) groups excluding carboxylic acids is 1. The maximum Gasteiger partial charge on any atom is 0.251 e. The molecule has 0 radical (unpaired) electrons. The molecule has 6 fully saturated rings. The van der Waals surface area contributed by atoms with Gasteiger partial charge in [-0.05, 0) is 340 Å². The first-order valence-electron chi connectivity index (χ1n) is 54.9. The minimum absolute atomic E-state index is 0.00189. The number of methoxy groups -OCH3 is 1. The smallest absolute Gasteiger partial charge is 0.251 e. The number of aryl methyl sites for hydroxylation is 1. The Hall–Kier alpha value is -9.09. The number of ether oxygens (including phenoxy) is 4. The molecule has 15 heteroatoms. The van der Waals surface area contributed by atoms with E-state index in [9.17, 15) is 4.79 Å². The Bertz CT molecular complexity index is 4850. The van der Waals surface area contributed by atoms with Gasteiger partial charge in [0.2, 0.25) is 0 Å². The SMILES string of the molecule is CC(C)(C)C#CC1CCN(C2CC2)CC1.CC(C)(C)c1ccc(N2CCCCC2)cc1.CC(C)(C)c1ccc(N2CCCCC2)cc1.CC(C)(C)c1ncccn1.CCCOc1ccc(C(C)(C)C)cc1.CCN1CCC(C#CC(C)(C)C)CC1.CCNC(=O)c1ccc(C(C)(C)C)cc1.CN(c1ccc(C(C)(C)C)cc1)C1CCOCC1.COCCOc1ccc(C(C)(C)C)cc1.Cc1ncc(C(C)(C)C)cn1. The van der Waals surface area contributed by atoms with Crippen molar-refractivity contribution in [1.29, 1.82) is 0 Å². The van der Waals surface area contributed by atoms with Crippen molar-refractivity contribution in [2.45, 2.75) is 387 Å². The average molecular weight is 1970 g/mol. The zero-order valence-corrected chi connectivity index (χ0v) is 97.8. The lowest BCUT2D eigenvalue weighted by molar-refractivity contribution is 0.0855. The van der Waals surface area contributed by atoms with Crippen LogP contribution in [0.5, 0.6) is 11.5 Å². The highest BCUT2D eigenvalue weighted by atomic mass is 16.5. The van der Waals surface area contributed by atoms with E-state index >= 15 is 0 Å². The molecule has 7 heterocycles. The van der Waals surface area contributed by atoms with Crippen LogP contribution in [-0.2, 0) is 52.8 Å². The summed E-state index contributed by atoms with van der Waals surface area (Å²) in [5.41, 5.74) is 16.1. The molecule has 6 aliphatic rings. The number of hydrogen-bond acceptors (Lipinski definition) is 14. The molecule has 798 valence electrons. The van der Waals surface area contributed by atoms with E-state index in [2.05, 4.69) is 411 Å². The molecule has 5 saturated heterocycles. The number of aromatic nitrogens is 4. The predicted octanol–water partition coefficient (Wildman–Crippen LogP) is 30.6. The van der Waals surface area contributed by atoms with Crippen LogP contribution < -0.4 is 29.5 Å². The summed E-state index contributed by atoms with van der Waals surface area (Å²) in [4.78, 5) is 40.6. The molecule has 14 rings (SSSR count). The van der Waals surface area contributed by atoms with Gasteiger partial charge >= 0.3 is 0 Å². The largest absolute Gasteiger partial charge is 0.494 e. The van der Waals surface area contributed by atoms with Gasteiger partial charge in [0.05, 0.1) is 13.2 Å². The Kier molecular flexibility index (Phi) is 52.6. The molecule has 6 aromatic carbocycles.